The molecule has 0 aliphatic heterocycles. The number of hydrogen-bond acceptors (Lipinski definition) is 3. The standard InChI is InChI=1S/C21H25BrN2O3/c1-14-12-15(6-11-18(14)22)23-19(25)13-27-17-9-7-16(8-10-17)24(5)20(26)21(2,3)4/h6-12H,13H2,1-5H3,(H,23,25). The van der Waals surface area contributed by atoms with E-state index in [2.05, 4.69) is 21.2 Å². The van der Waals surface area contributed by atoms with Crippen molar-refractivity contribution in [1.82, 2.24) is 0 Å². The van der Waals surface area contributed by atoms with Crippen molar-refractivity contribution in [2.24, 2.45) is 5.41 Å². The van der Waals surface area contributed by atoms with Gasteiger partial charge >= 0.3 is 0 Å². The molecular weight excluding hydrogens is 408 g/mol. The van der Waals surface area contributed by atoms with Gasteiger partial charge in [-0.25, -0.2) is 0 Å². The van der Waals surface area contributed by atoms with E-state index in [0.29, 0.717) is 5.75 Å². The zero-order valence-corrected chi connectivity index (χ0v) is 17.9. The molecule has 0 bridgehead atoms. The number of carbonyl (C=O) groups is 2. The van der Waals surface area contributed by atoms with Crippen LogP contribution in [0.5, 0.6) is 5.75 Å². The number of amides is 2. The molecule has 144 valence electrons. The highest BCUT2D eigenvalue weighted by atomic mass is 79.9. The molecule has 2 aromatic carbocycles. The lowest BCUT2D eigenvalue weighted by atomic mass is 9.95. The van der Waals surface area contributed by atoms with Gasteiger partial charge in [-0.3, -0.25) is 9.59 Å². The van der Waals surface area contributed by atoms with Gasteiger partial charge in [-0.2, -0.15) is 0 Å². The van der Waals surface area contributed by atoms with E-state index in [1.54, 1.807) is 36.2 Å². The summed E-state index contributed by atoms with van der Waals surface area (Å²) >= 11 is 3.43. The minimum absolute atomic E-state index is 0.0281. The Morgan fingerprint density at radius 2 is 1.74 bits per heavy atom. The van der Waals surface area contributed by atoms with E-state index >= 15 is 0 Å². The molecule has 0 radical (unpaired) electrons. The van der Waals surface area contributed by atoms with Gasteiger partial charge in [0.2, 0.25) is 5.91 Å². The van der Waals surface area contributed by atoms with Crippen LogP contribution in [0, 0.1) is 12.3 Å². The molecule has 0 heterocycles. The molecule has 0 unspecified atom stereocenters. The summed E-state index contributed by atoms with van der Waals surface area (Å²) in [6, 6.07) is 12.7. The van der Waals surface area contributed by atoms with Gasteiger partial charge in [0.1, 0.15) is 5.75 Å². The number of benzene rings is 2. The molecule has 0 saturated heterocycles. The number of nitrogens with zero attached hydrogens (tertiary/aromatic N) is 1. The average molecular weight is 433 g/mol. The number of halogens is 1. The lowest BCUT2D eigenvalue weighted by molar-refractivity contribution is -0.125. The highest BCUT2D eigenvalue weighted by molar-refractivity contribution is 9.10. The fourth-order valence-corrected chi connectivity index (χ4v) is 2.70. The zero-order chi connectivity index (χ0) is 20.2. The predicted molar refractivity (Wildman–Crippen MR) is 112 cm³/mol. The molecule has 0 aromatic heterocycles. The summed E-state index contributed by atoms with van der Waals surface area (Å²) in [6.45, 7) is 7.52. The maximum atomic E-state index is 12.3. The average Bonchev–Trinajstić information content (AvgIpc) is 2.61. The van der Waals surface area contributed by atoms with Gasteiger partial charge in [-0.15, -0.1) is 0 Å². The van der Waals surface area contributed by atoms with Crippen LogP contribution in [0.4, 0.5) is 11.4 Å². The van der Waals surface area contributed by atoms with E-state index in [9.17, 15) is 9.59 Å². The van der Waals surface area contributed by atoms with Crippen molar-refractivity contribution in [3.8, 4) is 5.75 Å². The Morgan fingerprint density at radius 3 is 2.30 bits per heavy atom. The van der Waals surface area contributed by atoms with Crippen LogP contribution in [0.2, 0.25) is 0 Å². The van der Waals surface area contributed by atoms with E-state index in [0.717, 1.165) is 21.4 Å². The van der Waals surface area contributed by atoms with Crippen molar-refractivity contribution in [2.45, 2.75) is 27.7 Å². The molecule has 0 saturated carbocycles. The van der Waals surface area contributed by atoms with Crippen molar-refractivity contribution in [1.29, 1.82) is 0 Å². The van der Waals surface area contributed by atoms with E-state index in [-0.39, 0.29) is 18.4 Å². The second kappa shape index (κ2) is 8.57. The summed E-state index contributed by atoms with van der Waals surface area (Å²) in [5, 5.41) is 2.80. The first-order valence-electron chi connectivity index (χ1n) is 8.65. The maximum absolute atomic E-state index is 12.3. The third-order valence-corrected chi connectivity index (χ3v) is 4.87. The van der Waals surface area contributed by atoms with Crippen LogP contribution in [-0.4, -0.2) is 25.5 Å². The molecule has 1 N–H and O–H groups in total. The lowest BCUT2D eigenvalue weighted by Gasteiger charge is -2.26. The SMILES string of the molecule is Cc1cc(NC(=O)COc2ccc(N(C)C(=O)C(C)(C)C)cc2)ccc1Br. The van der Waals surface area contributed by atoms with Gasteiger partial charge < -0.3 is 15.0 Å². The molecule has 0 aliphatic carbocycles. The number of aryl methyl sites for hydroxylation is 1. The van der Waals surface area contributed by atoms with E-state index in [1.165, 1.54) is 0 Å². The Kier molecular flexibility index (Phi) is 6.65. The molecule has 2 amide bonds. The first kappa shape index (κ1) is 21.0. The molecule has 6 heteroatoms. The first-order valence-corrected chi connectivity index (χ1v) is 9.44. The third kappa shape index (κ3) is 5.82. The van der Waals surface area contributed by atoms with Crippen molar-refractivity contribution in [2.75, 3.05) is 23.9 Å². The Balaban J connectivity index is 1.91. The summed E-state index contributed by atoms with van der Waals surface area (Å²) in [5.74, 6) is 0.360. The molecule has 2 rings (SSSR count). The number of anilines is 2. The predicted octanol–water partition coefficient (Wildman–Crippen LogP) is 4.78. The fraction of sp³-hybridized carbons (Fsp3) is 0.333. The molecule has 0 fully saturated rings. The number of nitrogens with one attached hydrogen (secondary N) is 1. The largest absolute Gasteiger partial charge is 0.484 e. The van der Waals surface area contributed by atoms with Gasteiger partial charge in [0, 0.05) is 28.3 Å². The maximum Gasteiger partial charge on any atom is 0.262 e. The quantitative estimate of drug-likeness (QED) is 0.738. The smallest absolute Gasteiger partial charge is 0.262 e. The molecular formula is C21H25BrN2O3. The molecule has 5 nitrogen and oxygen atoms in total. The van der Waals surface area contributed by atoms with Crippen LogP contribution in [0.25, 0.3) is 0 Å². The number of rotatable bonds is 5. The van der Waals surface area contributed by atoms with Crippen molar-refractivity contribution < 1.29 is 14.3 Å². The Hall–Kier alpha value is -2.34. The fourth-order valence-electron chi connectivity index (χ4n) is 2.45. The molecule has 2 aromatic rings. The van der Waals surface area contributed by atoms with Gasteiger partial charge in [0.05, 0.1) is 0 Å². The highest BCUT2D eigenvalue weighted by Gasteiger charge is 2.25. The summed E-state index contributed by atoms with van der Waals surface area (Å²) in [7, 11) is 1.75. The minimum Gasteiger partial charge on any atom is -0.484 e. The zero-order valence-electron chi connectivity index (χ0n) is 16.3. The number of ether oxygens (including phenoxy) is 1. The van der Waals surface area contributed by atoms with Gasteiger partial charge in [-0.05, 0) is 55.0 Å². The summed E-state index contributed by atoms with van der Waals surface area (Å²) in [5.41, 5.74) is 2.09. The van der Waals surface area contributed by atoms with Gasteiger partial charge in [0.15, 0.2) is 6.61 Å². The monoisotopic (exact) mass is 432 g/mol. The summed E-state index contributed by atoms with van der Waals surface area (Å²) in [6.07, 6.45) is 0. The molecule has 27 heavy (non-hydrogen) atoms. The van der Waals surface area contributed by atoms with Crippen LogP contribution in [0.3, 0.4) is 0 Å². The van der Waals surface area contributed by atoms with E-state index in [1.807, 2.05) is 45.9 Å². The second-order valence-corrected chi connectivity index (χ2v) is 8.26. The Morgan fingerprint density at radius 1 is 1.11 bits per heavy atom. The van der Waals surface area contributed by atoms with Crippen molar-refractivity contribution in [3.05, 3.63) is 52.5 Å². The Labute approximate surface area is 168 Å². The number of hydrogen-bond donors (Lipinski definition) is 1. The van der Waals surface area contributed by atoms with Crippen LogP contribution < -0.4 is 15.0 Å². The van der Waals surface area contributed by atoms with Gasteiger partial charge in [0.25, 0.3) is 5.91 Å². The summed E-state index contributed by atoms with van der Waals surface area (Å²) < 4.78 is 6.52. The molecule has 0 atom stereocenters. The van der Waals surface area contributed by atoms with E-state index in [4.69, 9.17) is 4.74 Å². The topological polar surface area (TPSA) is 58.6 Å². The van der Waals surface area contributed by atoms with Crippen LogP contribution in [0.1, 0.15) is 26.3 Å². The van der Waals surface area contributed by atoms with Crippen molar-refractivity contribution >= 4 is 39.1 Å². The minimum atomic E-state index is -0.451. The van der Waals surface area contributed by atoms with Crippen molar-refractivity contribution in [3.63, 3.8) is 0 Å². The molecule has 0 spiro atoms. The molecule has 0 aliphatic rings. The second-order valence-electron chi connectivity index (χ2n) is 7.41. The third-order valence-electron chi connectivity index (χ3n) is 3.98. The van der Waals surface area contributed by atoms with E-state index < -0.39 is 5.41 Å². The summed E-state index contributed by atoms with van der Waals surface area (Å²) in [4.78, 5) is 26.0. The lowest BCUT2D eigenvalue weighted by Crippen LogP contribution is -2.36. The normalized spacial score (nSPS) is 11.0. The van der Waals surface area contributed by atoms with Crippen LogP contribution >= 0.6 is 15.9 Å². The highest BCUT2D eigenvalue weighted by Crippen LogP contribution is 2.24. The Bertz CT molecular complexity index is 826. The number of carbonyl (C=O) groups excluding carboxylic acids is 2. The van der Waals surface area contributed by atoms with Crippen LogP contribution in [0.15, 0.2) is 46.9 Å². The van der Waals surface area contributed by atoms with Gasteiger partial charge in [-0.1, -0.05) is 36.7 Å². The first-order chi connectivity index (χ1) is 12.6. The van der Waals surface area contributed by atoms with Crippen LogP contribution in [-0.2, 0) is 9.59 Å².